The highest BCUT2D eigenvalue weighted by atomic mass is 14.8. The van der Waals surface area contributed by atoms with Crippen molar-refractivity contribution in [3.63, 3.8) is 0 Å². The largest absolute Gasteiger partial charge is 0.398 e. The van der Waals surface area contributed by atoms with E-state index in [9.17, 15) is 0 Å². The Kier molecular flexibility index (Phi) is 2.93. The third-order valence-corrected chi connectivity index (χ3v) is 2.68. The minimum Gasteiger partial charge on any atom is -0.398 e. The minimum atomic E-state index is 0.526. The van der Waals surface area contributed by atoms with E-state index in [1.165, 1.54) is 12.8 Å². The van der Waals surface area contributed by atoms with Crippen LogP contribution in [-0.2, 0) is 0 Å². The van der Waals surface area contributed by atoms with Gasteiger partial charge in [0.15, 0.2) is 0 Å². The van der Waals surface area contributed by atoms with Crippen molar-refractivity contribution in [2.75, 3.05) is 5.73 Å². The van der Waals surface area contributed by atoms with Crippen molar-refractivity contribution in [3.05, 3.63) is 41.1 Å². The monoisotopic (exact) mass is 212 g/mol. The minimum absolute atomic E-state index is 0.526. The van der Waals surface area contributed by atoms with Crippen LogP contribution < -0.4 is 5.73 Å². The Bertz CT molecular complexity index is 476. The highest BCUT2D eigenvalue weighted by Gasteiger charge is 2.19. The number of nitrogens with two attached hydrogens (primary N) is 1. The zero-order valence-corrected chi connectivity index (χ0v) is 9.53. The lowest BCUT2D eigenvalue weighted by atomic mass is 10.0. The molecular formula is C14H16N2. The third-order valence-electron chi connectivity index (χ3n) is 2.68. The normalized spacial score (nSPS) is 15.1. The number of nitrogens with zero attached hydrogens (tertiary/aromatic N) is 1. The number of aliphatic imine (C=N–C) groups is 1. The molecule has 2 N–H and O–H groups in total. The topological polar surface area (TPSA) is 38.4 Å². The molecule has 0 atom stereocenters. The molecule has 0 amide bonds. The number of anilines is 1. The van der Waals surface area contributed by atoms with E-state index >= 15 is 0 Å². The van der Waals surface area contributed by atoms with Crippen LogP contribution in [0.15, 0.2) is 29.4 Å². The maximum absolute atomic E-state index is 6.01. The first-order chi connectivity index (χ1) is 7.70. The van der Waals surface area contributed by atoms with E-state index in [2.05, 4.69) is 17.3 Å². The Labute approximate surface area is 96.2 Å². The average molecular weight is 212 g/mol. The number of hydrogen-bond acceptors (Lipinski definition) is 2. The second-order valence-corrected chi connectivity index (χ2v) is 4.20. The summed E-state index contributed by atoms with van der Waals surface area (Å²) < 4.78 is 0. The summed E-state index contributed by atoms with van der Waals surface area (Å²) in [5, 5.41) is 0. The Morgan fingerprint density at radius 3 is 2.88 bits per heavy atom. The first-order valence-electron chi connectivity index (χ1n) is 5.50. The van der Waals surface area contributed by atoms with Crippen LogP contribution in [0.25, 0.3) is 6.08 Å². The van der Waals surface area contributed by atoms with Crippen LogP contribution in [-0.4, -0.2) is 12.3 Å². The van der Waals surface area contributed by atoms with E-state index in [0.717, 1.165) is 22.4 Å². The standard InChI is InChI=1S/C14H16N2/c1-3-4-11-7-10(2)14(15)12(8-11)9-16-13-5-6-13/h4,7-9,13H,1,5-6,15H2,2H3. The van der Waals surface area contributed by atoms with Gasteiger partial charge in [-0.25, -0.2) is 0 Å². The molecule has 0 bridgehead atoms. The first kappa shape index (κ1) is 10.7. The molecule has 1 fully saturated rings. The van der Waals surface area contributed by atoms with Gasteiger partial charge in [0.25, 0.3) is 0 Å². The van der Waals surface area contributed by atoms with Gasteiger partial charge in [-0.05, 0) is 49.1 Å². The molecule has 0 unspecified atom stereocenters. The lowest BCUT2D eigenvalue weighted by molar-refractivity contribution is 1.08. The molecule has 0 spiro atoms. The molecule has 2 heteroatoms. The fraction of sp³-hybridized carbons (Fsp3) is 0.286. The summed E-state index contributed by atoms with van der Waals surface area (Å²) >= 11 is 0. The van der Waals surface area contributed by atoms with Gasteiger partial charge in [0.2, 0.25) is 0 Å². The van der Waals surface area contributed by atoms with Crippen molar-refractivity contribution in [1.82, 2.24) is 0 Å². The lowest BCUT2D eigenvalue weighted by Crippen LogP contribution is -1.98. The summed E-state index contributed by atoms with van der Waals surface area (Å²) in [6, 6.07) is 4.58. The van der Waals surface area contributed by atoms with E-state index < -0.39 is 0 Å². The van der Waals surface area contributed by atoms with Crippen molar-refractivity contribution in [1.29, 1.82) is 0 Å². The van der Waals surface area contributed by atoms with Gasteiger partial charge in [-0.3, -0.25) is 4.99 Å². The number of benzene rings is 1. The molecular weight excluding hydrogens is 196 g/mol. The second-order valence-electron chi connectivity index (χ2n) is 4.20. The van der Waals surface area contributed by atoms with Crippen LogP contribution in [0.1, 0.15) is 29.5 Å². The van der Waals surface area contributed by atoms with Crippen molar-refractivity contribution >= 4 is 18.0 Å². The van der Waals surface area contributed by atoms with Gasteiger partial charge in [0.1, 0.15) is 0 Å². The van der Waals surface area contributed by atoms with Gasteiger partial charge < -0.3 is 5.73 Å². The molecule has 0 aromatic heterocycles. The van der Waals surface area contributed by atoms with E-state index in [1.54, 1.807) is 0 Å². The predicted octanol–water partition coefficient (Wildman–Crippen LogP) is 2.96. The zero-order chi connectivity index (χ0) is 11.5. The van der Waals surface area contributed by atoms with E-state index in [-0.39, 0.29) is 0 Å². The Balaban J connectivity index is 2.36. The molecule has 1 aromatic carbocycles. The van der Waals surface area contributed by atoms with Crippen molar-refractivity contribution in [2.24, 2.45) is 4.99 Å². The molecule has 2 rings (SSSR count). The van der Waals surface area contributed by atoms with Crippen LogP contribution >= 0.6 is 0 Å². The summed E-state index contributed by atoms with van der Waals surface area (Å²) in [6.45, 7) is 5.58. The smallest absolute Gasteiger partial charge is 0.0501 e. The number of hydrogen-bond donors (Lipinski definition) is 1. The molecule has 1 aliphatic rings. The van der Waals surface area contributed by atoms with E-state index in [0.29, 0.717) is 6.04 Å². The van der Waals surface area contributed by atoms with E-state index in [1.807, 2.05) is 31.3 Å². The van der Waals surface area contributed by atoms with Gasteiger partial charge >= 0.3 is 0 Å². The predicted molar refractivity (Wildman–Crippen MR) is 69.8 cm³/mol. The van der Waals surface area contributed by atoms with Crippen molar-refractivity contribution in [2.45, 2.75) is 25.8 Å². The number of rotatable bonds is 3. The SMILES string of the molecule is C=C=Cc1cc(C)c(N)c(C=NC2CC2)c1. The van der Waals surface area contributed by atoms with Gasteiger partial charge in [-0.15, -0.1) is 5.73 Å². The average Bonchev–Trinajstić information content (AvgIpc) is 3.05. The summed E-state index contributed by atoms with van der Waals surface area (Å²) in [5.41, 5.74) is 12.7. The molecule has 1 saturated carbocycles. The zero-order valence-electron chi connectivity index (χ0n) is 9.53. The quantitative estimate of drug-likeness (QED) is 0.467. The third kappa shape index (κ3) is 2.41. The van der Waals surface area contributed by atoms with Crippen LogP contribution in [0.4, 0.5) is 5.69 Å². The molecule has 0 radical (unpaired) electrons. The Morgan fingerprint density at radius 2 is 2.25 bits per heavy atom. The molecule has 1 aromatic rings. The van der Waals surface area contributed by atoms with Crippen LogP contribution in [0, 0.1) is 6.92 Å². The highest BCUT2D eigenvalue weighted by Crippen LogP contribution is 2.24. The molecule has 1 aliphatic carbocycles. The number of aryl methyl sites for hydroxylation is 1. The summed E-state index contributed by atoms with van der Waals surface area (Å²) in [4.78, 5) is 4.45. The first-order valence-corrected chi connectivity index (χ1v) is 5.50. The summed E-state index contributed by atoms with van der Waals surface area (Å²) in [5.74, 6) is 0. The fourth-order valence-electron chi connectivity index (χ4n) is 1.57. The van der Waals surface area contributed by atoms with Crippen LogP contribution in [0.2, 0.25) is 0 Å². The molecule has 0 saturated heterocycles. The Morgan fingerprint density at radius 1 is 1.50 bits per heavy atom. The highest BCUT2D eigenvalue weighted by molar-refractivity contribution is 5.89. The molecule has 2 nitrogen and oxygen atoms in total. The fourth-order valence-corrected chi connectivity index (χ4v) is 1.57. The molecule has 16 heavy (non-hydrogen) atoms. The summed E-state index contributed by atoms with van der Waals surface area (Å²) in [7, 11) is 0. The molecule has 82 valence electrons. The van der Waals surface area contributed by atoms with Gasteiger partial charge in [0, 0.05) is 17.5 Å². The maximum atomic E-state index is 6.01. The van der Waals surface area contributed by atoms with Crippen LogP contribution in [0.5, 0.6) is 0 Å². The number of nitrogen functional groups attached to an aromatic ring is 1. The van der Waals surface area contributed by atoms with Gasteiger partial charge in [-0.1, -0.05) is 6.58 Å². The lowest BCUT2D eigenvalue weighted by Gasteiger charge is -2.06. The summed E-state index contributed by atoms with van der Waals surface area (Å²) in [6.07, 6.45) is 6.16. The van der Waals surface area contributed by atoms with Crippen molar-refractivity contribution in [3.8, 4) is 0 Å². The Hall–Kier alpha value is -1.79. The van der Waals surface area contributed by atoms with Gasteiger partial charge in [-0.2, -0.15) is 0 Å². The maximum Gasteiger partial charge on any atom is 0.0501 e. The van der Waals surface area contributed by atoms with E-state index in [4.69, 9.17) is 5.73 Å². The second kappa shape index (κ2) is 4.38. The van der Waals surface area contributed by atoms with Gasteiger partial charge in [0.05, 0.1) is 6.04 Å². The van der Waals surface area contributed by atoms with Crippen molar-refractivity contribution < 1.29 is 0 Å². The molecule has 0 heterocycles. The molecule has 0 aliphatic heterocycles. The van der Waals surface area contributed by atoms with Crippen LogP contribution in [0.3, 0.4) is 0 Å².